The van der Waals surface area contributed by atoms with E-state index in [9.17, 15) is 10.2 Å². The average Bonchev–Trinajstić information content (AvgIpc) is 2.76. The smallest absolute Gasteiger partial charge is 0.162 e. The quantitative estimate of drug-likeness (QED) is 0.582. The van der Waals surface area contributed by atoms with Gasteiger partial charge in [-0.3, -0.25) is 4.99 Å². The Hall–Kier alpha value is -0.340. The van der Waals surface area contributed by atoms with Crippen LogP contribution < -0.4 is 0 Å². The van der Waals surface area contributed by atoms with E-state index in [4.69, 9.17) is 9.84 Å². The van der Waals surface area contributed by atoms with E-state index in [2.05, 4.69) is 4.99 Å². The zero-order chi connectivity index (χ0) is 12.6. The highest BCUT2D eigenvalue weighted by Crippen LogP contribution is 2.36. The second-order valence-electron chi connectivity index (χ2n) is 4.24. The normalized spacial score (nSPS) is 41.0. The summed E-state index contributed by atoms with van der Waals surface area (Å²) >= 11 is 1.42. The van der Waals surface area contributed by atoms with E-state index in [1.165, 1.54) is 11.8 Å². The lowest BCUT2D eigenvalue weighted by atomic mass is 9.99. The van der Waals surface area contributed by atoms with Gasteiger partial charge in [0.2, 0.25) is 0 Å². The molecular weight excluding hydrogens is 244 g/mol. The first kappa shape index (κ1) is 13.1. The van der Waals surface area contributed by atoms with Gasteiger partial charge >= 0.3 is 0 Å². The van der Waals surface area contributed by atoms with Crippen molar-refractivity contribution in [2.75, 3.05) is 20.2 Å². The highest BCUT2D eigenvalue weighted by atomic mass is 32.2. The van der Waals surface area contributed by atoms with Crippen LogP contribution in [0.1, 0.15) is 6.92 Å². The molecular formula is C10H18N2O4S. The monoisotopic (exact) mass is 262 g/mol. The Morgan fingerprint density at radius 3 is 2.71 bits per heavy atom. The van der Waals surface area contributed by atoms with Gasteiger partial charge in [0.05, 0.1) is 6.61 Å². The molecule has 0 bridgehead atoms. The molecule has 7 heteroatoms. The summed E-state index contributed by atoms with van der Waals surface area (Å²) in [5.41, 5.74) is -0.324. The van der Waals surface area contributed by atoms with Gasteiger partial charge in [-0.2, -0.15) is 0 Å². The van der Waals surface area contributed by atoms with Crippen molar-refractivity contribution in [2.24, 2.45) is 4.99 Å². The van der Waals surface area contributed by atoms with Crippen LogP contribution in [0.15, 0.2) is 4.99 Å². The Kier molecular flexibility index (Phi) is 3.94. The fourth-order valence-electron chi connectivity index (χ4n) is 1.89. The number of aliphatic hydroxyl groups excluding tert-OH is 3. The Morgan fingerprint density at radius 1 is 1.41 bits per heavy atom. The molecule has 2 aliphatic rings. The van der Waals surface area contributed by atoms with Crippen LogP contribution in [0.3, 0.4) is 0 Å². The fraction of sp³-hybridized carbons (Fsp3) is 0.900. The van der Waals surface area contributed by atoms with Crippen molar-refractivity contribution in [3.8, 4) is 0 Å². The van der Waals surface area contributed by atoms with E-state index in [1.54, 1.807) is 0 Å². The van der Waals surface area contributed by atoms with Crippen molar-refractivity contribution in [1.82, 2.24) is 4.90 Å². The van der Waals surface area contributed by atoms with Crippen LogP contribution in [-0.2, 0) is 4.74 Å². The predicted octanol–water partition coefficient (Wildman–Crippen LogP) is -1.15. The summed E-state index contributed by atoms with van der Waals surface area (Å²) in [4.78, 5) is 6.33. The lowest BCUT2D eigenvalue weighted by Crippen LogP contribution is -2.55. The van der Waals surface area contributed by atoms with Crippen LogP contribution >= 0.6 is 11.8 Å². The minimum absolute atomic E-state index is 0.305. The summed E-state index contributed by atoms with van der Waals surface area (Å²) in [7, 11) is 1.91. The summed E-state index contributed by atoms with van der Waals surface area (Å²) in [5, 5.41) is 29.5. The molecule has 3 N–H and O–H groups in total. The second-order valence-corrected chi connectivity index (χ2v) is 5.31. The number of hydrogen-bond acceptors (Lipinski definition) is 7. The van der Waals surface area contributed by atoms with Gasteiger partial charge in [-0.25, -0.2) is 0 Å². The molecule has 6 nitrogen and oxygen atoms in total. The Bertz CT molecular complexity index is 315. The SMILES string of the molecule is CCN(C)C1=NC2C(O[C@H](CO)[C@@H](O)[C@@H]2O)S1. The van der Waals surface area contributed by atoms with Crippen molar-refractivity contribution < 1.29 is 20.1 Å². The Labute approximate surface area is 104 Å². The fourth-order valence-corrected chi connectivity index (χ4v) is 3.15. The van der Waals surface area contributed by atoms with E-state index in [1.807, 2.05) is 18.9 Å². The van der Waals surface area contributed by atoms with E-state index in [-0.39, 0.29) is 12.0 Å². The first-order valence-electron chi connectivity index (χ1n) is 5.66. The van der Waals surface area contributed by atoms with Crippen LogP contribution in [0.2, 0.25) is 0 Å². The van der Waals surface area contributed by atoms with E-state index >= 15 is 0 Å². The molecule has 2 unspecified atom stereocenters. The Balaban J connectivity index is 2.12. The molecule has 2 heterocycles. The van der Waals surface area contributed by atoms with Gasteiger partial charge in [0.1, 0.15) is 29.8 Å². The molecule has 0 saturated carbocycles. The number of nitrogens with zero attached hydrogens (tertiary/aromatic N) is 2. The van der Waals surface area contributed by atoms with Crippen LogP contribution in [0.4, 0.5) is 0 Å². The van der Waals surface area contributed by atoms with Gasteiger partial charge < -0.3 is 25.0 Å². The minimum atomic E-state index is -1.09. The molecule has 0 aromatic rings. The Morgan fingerprint density at radius 2 is 2.12 bits per heavy atom. The lowest BCUT2D eigenvalue weighted by molar-refractivity contribution is -0.164. The maximum Gasteiger partial charge on any atom is 0.162 e. The molecule has 5 atom stereocenters. The molecule has 17 heavy (non-hydrogen) atoms. The minimum Gasteiger partial charge on any atom is -0.394 e. The van der Waals surface area contributed by atoms with Crippen molar-refractivity contribution in [3.63, 3.8) is 0 Å². The van der Waals surface area contributed by atoms with Crippen LogP contribution in [-0.4, -0.2) is 75.4 Å². The number of rotatable bonds is 2. The molecule has 0 aromatic carbocycles. The van der Waals surface area contributed by atoms with Crippen molar-refractivity contribution in [1.29, 1.82) is 0 Å². The summed E-state index contributed by atoms with van der Waals surface area (Å²) in [6.07, 6.45) is -2.81. The van der Waals surface area contributed by atoms with E-state index in [0.717, 1.165) is 11.7 Å². The molecule has 1 fully saturated rings. The molecule has 2 rings (SSSR count). The van der Waals surface area contributed by atoms with E-state index in [0.29, 0.717) is 0 Å². The molecule has 2 aliphatic heterocycles. The molecule has 0 spiro atoms. The van der Waals surface area contributed by atoms with E-state index < -0.39 is 24.4 Å². The number of aliphatic hydroxyl groups is 3. The molecule has 98 valence electrons. The highest BCUT2D eigenvalue weighted by Gasteiger charge is 2.48. The first-order chi connectivity index (χ1) is 8.08. The maximum absolute atomic E-state index is 9.94. The summed E-state index contributed by atoms with van der Waals surface area (Å²) < 4.78 is 5.53. The number of ether oxygens (including phenoxy) is 1. The predicted molar refractivity (Wildman–Crippen MR) is 64.9 cm³/mol. The zero-order valence-corrected chi connectivity index (χ0v) is 10.7. The topological polar surface area (TPSA) is 85.5 Å². The molecule has 0 aliphatic carbocycles. The van der Waals surface area contributed by atoms with Gasteiger partial charge in [-0.05, 0) is 6.92 Å². The van der Waals surface area contributed by atoms with Crippen LogP contribution in [0.25, 0.3) is 0 Å². The summed E-state index contributed by atoms with van der Waals surface area (Å²) in [6, 6.07) is -0.457. The number of amidine groups is 1. The third-order valence-electron chi connectivity index (χ3n) is 3.13. The average molecular weight is 262 g/mol. The third-order valence-corrected chi connectivity index (χ3v) is 4.38. The maximum atomic E-state index is 9.94. The van der Waals surface area contributed by atoms with Crippen LogP contribution in [0, 0.1) is 0 Å². The third kappa shape index (κ3) is 2.30. The molecule has 1 saturated heterocycles. The summed E-state index contributed by atoms with van der Waals surface area (Å²) in [6.45, 7) is 2.52. The van der Waals surface area contributed by atoms with Gasteiger partial charge in [0.15, 0.2) is 5.17 Å². The molecule has 0 radical (unpaired) electrons. The number of thioether (sulfide) groups is 1. The largest absolute Gasteiger partial charge is 0.394 e. The number of aliphatic imine (C=N–C) groups is 1. The van der Waals surface area contributed by atoms with Gasteiger partial charge in [-0.1, -0.05) is 11.8 Å². The number of fused-ring (bicyclic) bond motifs is 1. The van der Waals surface area contributed by atoms with Crippen molar-refractivity contribution in [3.05, 3.63) is 0 Å². The molecule has 0 amide bonds. The molecule has 0 aromatic heterocycles. The van der Waals surface area contributed by atoms with Gasteiger partial charge in [-0.15, -0.1) is 0 Å². The zero-order valence-electron chi connectivity index (χ0n) is 9.85. The van der Waals surface area contributed by atoms with Gasteiger partial charge in [0, 0.05) is 13.6 Å². The summed E-state index contributed by atoms with van der Waals surface area (Å²) in [5.74, 6) is 0. The lowest BCUT2D eigenvalue weighted by Gasteiger charge is -2.37. The van der Waals surface area contributed by atoms with Crippen molar-refractivity contribution >= 4 is 16.9 Å². The first-order valence-corrected chi connectivity index (χ1v) is 6.54. The van der Waals surface area contributed by atoms with Gasteiger partial charge in [0.25, 0.3) is 0 Å². The standard InChI is InChI=1S/C10H18N2O4S/c1-3-12(2)10-11-6-8(15)7(14)5(4-13)16-9(6)17-10/h5-9,13-15H,3-4H2,1-2H3/t5-,6?,7-,8-,9?/m1/s1. The van der Waals surface area contributed by atoms with Crippen LogP contribution in [0.5, 0.6) is 0 Å². The van der Waals surface area contributed by atoms with Crippen molar-refractivity contribution in [2.45, 2.75) is 36.7 Å². The highest BCUT2D eigenvalue weighted by molar-refractivity contribution is 8.14. The second kappa shape index (κ2) is 5.11. The number of hydrogen-bond donors (Lipinski definition) is 3.